The molecular weight excluding hydrogens is 461 g/mol. The molecule has 0 aromatic carbocycles. The number of nitrogens with two attached hydrogens (primary N) is 1. The zero-order valence-corrected chi connectivity index (χ0v) is 18.4. The van der Waals surface area contributed by atoms with Crippen LogP contribution in [0.2, 0.25) is 0 Å². The molecule has 1 atom stereocenters. The van der Waals surface area contributed by atoms with Crippen LogP contribution in [0.4, 0.5) is 19.0 Å². The van der Waals surface area contributed by atoms with Gasteiger partial charge in [-0.15, -0.1) is 0 Å². The smallest absolute Gasteiger partial charge is 0.368 e. The maximum atomic E-state index is 13.2. The van der Waals surface area contributed by atoms with Crippen LogP contribution in [0.3, 0.4) is 0 Å². The Morgan fingerprint density at radius 3 is 2.63 bits per heavy atom. The Labute approximate surface area is 197 Å². The van der Waals surface area contributed by atoms with Gasteiger partial charge in [0.25, 0.3) is 0 Å². The summed E-state index contributed by atoms with van der Waals surface area (Å²) >= 11 is 0. The number of hydrogen-bond donors (Lipinski definition) is 2. The number of fused-ring (bicyclic) bond motifs is 1. The van der Waals surface area contributed by atoms with Crippen molar-refractivity contribution in [2.75, 3.05) is 11.4 Å². The number of H-pyrrole nitrogens is 1. The third-order valence-electron chi connectivity index (χ3n) is 5.37. The molecule has 0 spiro atoms. The van der Waals surface area contributed by atoms with Gasteiger partial charge in [0.05, 0.1) is 36.3 Å². The molecule has 35 heavy (non-hydrogen) atoms. The molecule has 0 fully saturated rings. The number of aromatic nitrogens is 5. The third kappa shape index (κ3) is 5.19. The molecule has 0 saturated heterocycles. The van der Waals surface area contributed by atoms with E-state index in [1.165, 1.54) is 13.1 Å². The largest absolute Gasteiger partial charge is 0.406 e. The fourth-order valence-electron chi connectivity index (χ4n) is 3.54. The van der Waals surface area contributed by atoms with Gasteiger partial charge in [-0.25, -0.2) is 9.97 Å². The van der Waals surface area contributed by atoms with Crippen LogP contribution < -0.4 is 10.6 Å². The Balaban J connectivity index is 1.74. The summed E-state index contributed by atoms with van der Waals surface area (Å²) in [6.45, 7) is -0.135. The van der Waals surface area contributed by atoms with E-state index in [0.29, 0.717) is 28.0 Å². The molecule has 0 saturated carbocycles. The number of alkyl halides is 3. The van der Waals surface area contributed by atoms with Gasteiger partial charge in [0.15, 0.2) is 0 Å². The summed E-state index contributed by atoms with van der Waals surface area (Å²) in [5.41, 5.74) is 8.84. The number of rotatable bonds is 7. The number of carbonyl (C=O) groups excluding carboxylic acids is 1. The Bertz CT molecular complexity index is 1410. The van der Waals surface area contributed by atoms with Crippen molar-refractivity contribution in [2.45, 2.75) is 25.6 Å². The van der Waals surface area contributed by atoms with Crippen LogP contribution in [0, 0.1) is 11.3 Å². The van der Waals surface area contributed by atoms with Crippen LogP contribution in [-0.4, -0.2) is 49.6 Å². The SMILES string of the molecule is C[C@H](C(N)=O)N(CC(F)(F)F)c1cncc(-c2c[nH]c3ncc(-c4ccc(CC#N)nc4)cc23)n1. The number of hydrogen-bond acceptors (Lipinski definition) is 7. The first-order chi connectivity index (χ1) is 16.7. The number of aromatic amines is 1. The number of nitrogens with zero attached hydrogens (tertiary/aromatic N) is 6. The molecule has 1 amide bonds. The molecule has 3 N–H and O–H groups in total. The highest BCUT2D eigenvalue weighted by Gasteiger charge is 2.35. The van der Waals surface area contributed by atoms with Gasteiger partial charge in [-0.05, 0) is 19.1 Å². The van der Waals surface area contributed by atoms with Gasteiger partial charge in [0.1, 0.15) is 24.1 Å². The first-order valence-electron chi connectivity index (χ1n) is 10.4. The summed E-state index contributed by atoms with van der Waals surface area (Å²) < 4.78 is 39.6. The van der Waals surface area contributed by atoms with E-state index in [1.807, 2.05) is 18.2 Å². The second kappa shape index (κ2) is 9.38. The second-order valence-corrected chi connectivity index (χ2v) is 7.78. The van der Waals surface area contributed by atoms with Crippen LogP contribution in [0.5, 0.6) is 0 Å². The fourth-order valence-corrected chi connectivity index (χ4v) is 3.54. The molecule has 0 radical (unpaired) electrons. The van der Waals surface area contributed by atoms with E-state index in [-0.39, 0.29) is 12.2 Å². The number of amides is 1. The summed E-state index contributed by atoms with van der Waals surface area (Å²) in [7, 11) is 0. The third-order valence-corrected chi connectivity index (χ3v) is 5.37. The van der Waals surface area contributed by atoms with Crippen LogP contribution in [0.15, 0.2) is 49.2 Å². The van der Waals surface area contributed by atoms with E-state index in [2.05, 4.69) is 24.9 Å². The lowest BCUT2D eigenvalue weighted by Gasteiger charge is -2.29. The first-order valence-corrected chi connectivity index (χ1v) is 10.4. The molecule has 178 valence electrons. The van der Waals surface area contributed by atoms with Gasteiger partial charge < -0.3 is 15.6 Å². The summed E-state index contributed by atoms with van der Waals surface area (Å²) in [6.07, 6.45) is 3.12. The monoisotopic (exact) mass is 480 g/mol. The van der Waals surface area contributed by atoms with Crippen molar-refractivity contribution >= 4 is 22.8 Å². The van der Waals surface area contributed by atoms with E-state index in [1.54, 1.807) is 24.7 Å². The molecule has 4 heterocycles. The van der Waals surface area contributed by atoms with Gasteiger partial charge in [-0.2, -0.15) is 18.4 Å². The van der Waals surface area contributed by atoms with E-state index in [0.717, 1.165) is 22.2 Å². The Kier molecular flexibility index (Phi) is 6.33. The molecule has 0 aliphatic heterocycles. The number of anilines is 1. The van der Waals surface area contributed by atoms with Gasteiger partial charge in [-0.3, -0.25) is 14.8 Å². The van der Waals surface area contributed by atoms with E-state index < -0.39 is 24.7 Å². The predicted octanol–water partition coefficient (Wildman–Crippen LogP) is 3.39. The molecule has 4 rings (SSSR count). The lowest BCUT2D eigenvalue weighted by Crippen LogP contribution is -2.47. The number of nitrogens with one attached hydrogen (secondary N) is 1. The van der Waals surface area contributed by atoms with Crippen LogP contribution in [-0.2, 0) is 11.2 Å². The Morgan fingerprint density at radius 1 is 1.20 bits per heavy atom. The minimum Gasteiger partial charge on any atom is -0.368 e. The van der Waals surface area contributed by atoms with Gasteiger partial charge in [0.2, 0.25) is 5.91 Å². The van der Waals surface area contributed by atoms with Crippen molar-refractivity contribution in [1.29, 1.82) is 5.26 Å². The maximum Gasteiger partial charge on any atom is 0.406 e. The number of pyridine rings is 2. The predicted molar refractivity (Wildman–Crippen MR) is 122 cm³/mol. The molecule has 0 aliphatic rings. The van der Waals surface area contributed by atoms with Crippen LogP contribution in [0.25, 0.3) is 33.4 Å². The van der Waals surface area contributed by atoms with Crippen molar-refractivity contribution < 1.29 is 18.0 Å². The van der Waals surface area contributed by atoms with Gasteiger partial charge >= 0.3 is 6.18 Å². The van der Waals surface area contributed by atoms with Gasteiger partial charge in [-0.1, -0.05) is 6.07 Å². The highest BCUT2D eigenvalue weighted by Crippen LogP contribution is 2.31. The lowest BCUT2D eigenvalue weighted by atomic mass is 10.1. The molecule has 4 aromatic heterocycles. The highest BCUT2D eigenvalue weighted by molar-refractivity contribution is 5.95. The Morgan fingerprint density at radius 2 is 1.97 bits per heavy atom. The zero-order chi connectivity index (χ0) is 25.2. The van der Waals surface area contributed by atoms with Crippen molar-refractivity contribution in [3.63, 3.8) is 0 Å². The molecule has 0 unspecified atom stereocenters. The molecule has 4 aromatic rings. The average Bonchev–Trinajstić information content (AvgIpc) is 3.25. The van der Waals surface area contributed by atoms with Crippen molar-refractivity contribution in [1.82, 2.24) is 24.9 Å². The lowest BCUT2D eigenvalue weighted by molar-refractivity contribution is -0.125. The maximum absolute atomic E-state index is 13.2. The number of carbonyl (C=O) groups is 1. The van der Waals surface area contributed by atoms with Crippen molar-refractivity contribution in [2.24, 2.45) is 5.73 Å². The van der Waals surface area contributed by atoms with E-state index in [4.69, 9.17) is 11.0 Å². The summed E-state index contributed by atoms with van der Waals surface area (Å²) in [5.74, 6) is -1.06. The van der Waals surface area contributed by atoms with E-state index >= 15 is 0 Å². The fraction of sp³-hybridized carbons (Fsp3) is 0.217. The molecule has 9 nitrogen and oxygen atoms in total. The van der Waals surface area contributed by atoms with Crippen LogP contribution >= 0.6 is 0 Å². The number of primary amides is 1. The molecular formula is C23H19F3N8O. The summed E-state index contributed by atoms with van der Waals surface area (Å²) in [6, 6.07) is 6.22. The Hall–Kier alpha value is -4.53. The van der Waals surface area contributed by atoms with Gasteiger partial charge in [0, 0.05) is 40.7 Å². The van der Waals surface area contributed by atoms with Crippen LogP contribution in [0.1, 0.15) is 12.6 Å². The first kappa shape index (κ1) is 23.6. The van der Waals surface area contributed by atoms with E-state index in [9.17, 15) is 18.0 Å². The minimum atomic E-state index is -4.59. The number of halogens is 3. The average molecular weight is 480 g/mol. The van der Waals surface area contributed by atoms with Crippen molar-refractivity contribution in [3.8, 4) is 28.5 Å². The second-order valence-electron chi connectivity index (χ2n) is 7.78. The minimum absolute atomic E-state index is 0.137. The number of nitriles is 1. The van der Waals surface area contributed by atoms with Crippen molar-refractivity contribution in [3.05, 3.63) is 54.9 Å². The summed E-state index contributed by atoms with van der Waals surface area (Å²) in [4.78, 5) is 32.5. The molecule has 0 aliphatic carbocycles. The zero-order valence-electron chi connectivity index (χ0n) is 18.4. The quantitative estimate of drug-likeness (QED) is 0.414. The molecule has 0 bridgehead atoms. The standard InChI is InChI=1S/C23H19F3N8O/c1-13(21(28)35)34(12-23(24,25)26)20-11-29-10-19(33-20)18-9-32-22-17(18)6-15(8-31-22)14-2-3-16(4-5-27)30-7-14/h2-3,6-11,13H,4,12H2,1H3,(H2,28,35)(H,31,32)/t13-/m1/s1. The summed E-state index contributed by atoms with van der Waals surface area (Å²) in [5, 5.41) is 9.48. The highest BCUT2D eigenvalue weighted by atomic mass is 19.4. The topological polar surface area (TPSA) is 137 Å². The normalized spacial score (nSPS) is 12.3. The molecule has 12 heteroatoms.